The number of rotatable bonds is 4. The predicted molar refractivity (Wildman–Crippen MR) is 77.5 cm³/mol. The molecule has 0 saturated carbocycles. The Morgan fingerprint density at radius 3 is 1.72 bits per heavy atom. The highest BCUT2D eigenvalue weighted by atomic mass is 16.6. The minimum atomic E-state index is -0.406. The molecule has 1 unspecified atom stereocenters. The van der Waals surface area contributed by atoms with Crippen LogP contribution < -0.4 is 0 Å². The Kier molecular flexibility index (Phi) is 5.46. The van der Waals surface area contributed by atoms with Crippen LogP contribution in [0.5, 0.6) is 0 Å². The first-order chi connectivity index (χ1) is 7.78. The second-order valence-electron chi connectivity index (χ2n) is 8.17. The average Bonchev–Trinajstić information content (AvgIpc) is 2.09. The van der Waals surface area contributed by atoms with Gasteiger partial charge in [0.25, 0.3) is 0 Å². The van der Waals surface area contributed by atoms with Crippen molar-refractivity contribution < 1.29 is 9.53 Å². The molecule has 0 amide bonds. The second-order valence-corrected chi connectivity index (χ2v) is 8.17. The summed E-state index contributed by atoms with van der Waals surface area (Å²) in [5.41, 5.74) is -0.291. The second kappa shape index (κ2) is 5.63. The number of esters is 1. The Morgan fingerprint density at radius 1 is 1.00 bits per heavy atom. The summed E-state index contributed by atoms with van der Waals surface area (Å²) in [6, 6.07) is 0. The van der Waals surface area contributed by atoms with Crippen LogP contribution in [0.3, 0.4) is 0 Å². The van der Waals surface area contributed by atoms with Crippen LogP contribution in [0.4, 0.5) is 0 Å². The molecule has 0 aliphatic rings. The lowest BCUT2D eigenvalue weighted by molar-refractivity contribution is -0.165. The van der Waals surface area contributed by atoms with Gasteiger partial charge >= 0.3 is 5.97 Å². The molecule has 18 heavy (non-hydrogen) atoms. The van der Waals surface area contributed by atoms with E-state index in [1.165, 1.54) is 0 Å². The van der Waals surface area contributed by atoms with E-state index in [2.05, 4.69) is 41.5 Å². The Labute approximate surface area is 113 Å². The highest BCUT2D eigenvalue weighted by Crippen LogP contribution is 2.39. The fourth-order valence-corrected chi connectivity index (χ4v) is 1.81. The van der Waals surface area contributed by atoms with Gasteiger partial charge in [0.1, 0.15) is 5.60 Å². The predicted octanol–water partition coefficient (Wildman–Crippen LogP) is 4.82. The zero-order valence-corrected chi connectivity index (χ0v) is 13.8. The van der Waals surface area contributed by atoms with Gasteiger partial charge in [-0.15, -0.1) is 0 Å². The molecule has 108 valence electrons. The molecule has 2 heteroatoms. The molecule has 0 aliphatic heterocycles. The lowest BCUT2D eigenvalue weighted by Crippen LogP contribution is -2.37. The summed E-state index contributed by atoms with van der Waals surface area (Å²) in [5, 5.41) is 0. The first kappa shape index (κ1) is 17.5. The lowest BCUT2D eigenvalue weighted by Gasteiger charge is -2.36. The van der Waals surface area contributed by atoms with Gasteiger partial charge in [0.2, 0.25) is 0 Å². The molecule has 0 aromatic rings. The summed E-state index contributed by atoms with van der Waals surface area (Å²) in [7, 11) is 0. The van der Waals surface area contributed by atoms with Crippen molar-refractivity contribution in [2.24, 2.45) is 16.7 Å². The molecule has 0 saturated heterocycles. The number of ether oxygens (including phenoxy) is 1. The van der Waals surface area contributed by atoms with Crippen LogP contribution in [0.1, 0.15) is 75.2 Å². The van der Waals surface area contributed by atoms with Crippen LogP contribution in [0.2, 0.25) is 0 Å². The van der Waals surface area contributed by atoms with Crippen molar-refractivity contribution in [1.29, 1.82) is 0 Å². The molecule has 1 atom stereocenters. The first-order valence-electron chi connectivity index (χ1n) is 7.01. The maximum absolute atomic E-state index is 12.4. The molecule has 0 bridgehead atoms. The monoisotopic (exact) mass is 256 g/mol. The zero-order chi connectivity index (χ0) is 14.8. The van der Waals surface area contributed by atoms with Crippen molar-refractivity contribution in [3.63, 3.8) is 0 Å². The van der Waals surface area contributed by atoms with Crippen molar-refractivity contribution >= 4 is 5.97 Å². The van der Waals surface area contributed by atoms with E-state index in [0.29, 0.717) is 0 Å². The van der Waals surface area contributed by atoms with Crippen LogP contribution in [0.15, 0.2) is 0 Å². The van der Waals surface area contributed by atoms with Gasteiger partial charge in [-0.2, -0.15) is 0 Å². The maximum Gasteiger partial charge on any atom is 0.310 e. The van der Waals surface area contributed by atoms with E-state index in [0.717, 1.165) is 12.8 Å². The van der Waals surface area contributed by atoms with E-state index in [4.69, 9.17) is 4.74 Å². The van der Waals surface area contributed by atoms with Crippen LogP contribution >= 0.6 is 0 Å². The fraction of sp³-hybridized carbons (Fsp3) is 0.938. The highest BCUT2D eigenvalue weighted by molar-refractivity contribution is 5.73. The Bertz CT molecular complexity index is 276. The normalized spacial score (nSPS) is 15.4. The smallest absolute Gasteiger partial charge is 0.310 e. The van der Waals surface area contributed by atoms with E-state index in [1.807, 2.05) is 20.8 Å². The molecule has 0 aromatic heterocycles. The summed E-state index contributed by atoms with van der Waals surface area (Å²) in [5.74, 6) is -0.108. The molecular formula is C16H32O2. The van der Waals surface area contributed by atoms with Crippen molar-refractivity contribution in [1.82, 2.24) is 0 Å². The molecule has 0 aliphatic carbocycles. The molecule has 0 fully saturated rings. The maximum atomic E-state index is 12.4. The SMILES string of the molecule is CCC(C)(C)CC(C(=O)OC(C)(C)C)C(C)(C)C. The quantitative estimate of drug-likeness (QED) is 0.674. The summed E-state index contributed by atoms with van der Waals surface area (Å²) < 4.78 is 5.58. The van der Waals surface area contributed by atoms with E-state index in [-0.39, 0.29) is 22.7 Å². The van der Waals surface area contributed by atoms with E-state index >= 15 is 0 Å². The molecule has 0 aromatic carbocycles. The number of carbonyl (C=O) groups excluding carboxylic acids is 1. The zero-order valence-electron chi connectivity index (χ0n) is 13.8. The van der Waals surface area contributed by atoms with Crippen LogP contribution in [0, 0.1) is 16.7 Å². The third-order valence-electron chi connectivity index (χ3n) is 3.45. The van der Waals surface area contributed by atoms with Crippen LogP contribution in [0.25, 0.3) is 0 Å². The Balaban J connectivity index is 4.98. The third kappa shape index (κ3) is 6.42. The van der Waals surface area contributed by atoms with Crippen molar-refractivity contribution in [2.75, 3.05) is 0 Å². The van der Waals surface area contributed by atoms with Crippen molar-refractivity contribution in [3.8, 4) is 0 Å². The standard InChI is InChI=1S/C16H32O2/c1-10-16(8,9)11-12(14(2,3)4)13(17)18-15(5,6)7/h12H,10-11H2,1-9H3. The van der Waals surface area contributed by atoms with Gasteiger partial charge in [0.15, 0.2) is 0 Å². The van der Waals surface area contributed by atoms with Gasteiger partial charge in [-0.1, -0.05) is 48.0 Å². The van der Waals surface area contributed by atoms with Gasteiger partial charge in [-0.25, -0.2) is 0 Å². The molecule has 0 spiro atoms. The lowest BCUT2D eigenvalue weighted by atomic mass is 9.70. The van der Waals surface area contributed by atoms with Gasteiger partial charge in [0, 0.05) is 0 Å². The highest BCUT2D eigenvalue weighted by Gasteiger charge is 2.38. The summed E-state index contributed by atoms with van der Waals surface area (Å²) in [4.78, 5) is 12.4. The Morgan fingerprint density at radius 2 is 1.44 bits per heavy atom. The fourth-order valence-electron chi connectivity index (χ4n) is 1.81. The molecule has 0 N–H and O–H groups in total. The molecule has 2 nitrogen and oxygen atoms in total. The molecular weight excluding hydrogens is 224 g/mol. The van der Waals surface area contributed by atoms with E-state index in [9.17, 15) is 4.79 Å². The topological polar surface area (TPSA) is 26.3 Å². The average molecular weight is 256 g/mol. The summed E-state index contributed by atoms with van der Waals surface area (Å²) in [6.45, 7) is 18.7. The first-order valence-corrected chi connectivity index (χ1v) is 7.01. The van der Waals surface area contributed by atoms with Crippen molar-refractivity contribution in [2.45, 2.75) is 80.8 Å². The van der Waals surface area contributed by atoms with Crippen molar-refractivity contribution in [3.05, 3.63) is 0 Å². The van der Waals surface area contributed by atoms with Crippen LogP contribution in [-0.2, 0) is 9.53 Å². The van der Waals surface area contributed by atoms with Gasteiger partial charge in [-0.3, -0.25) is 4.79 Å². The van der Waals surface area contributed by atoms with Gasteiger partial charge in [0.05, 0.1) is 5.92 Å². The van der Waals surface area contributed by atoms with Crippen LogP contribution in [-0.4, -0.2) is 11.6 Å². The van der Waals surface area contributed by atoms with E-state index < -0.39 is 5.60 Å². The summed E-state index contributed by atoms with van der Waals surface area (Å²) in [6.07, 6.45) is 1.95. The number of hydrogen-bond acceptors (Lipinski definition) is 2. The molecule has 0 radical (unpaired) electrons. The minimum absolute atomic E-state index is 0.0494. The third-order valence-corrected chi connectivity index (χ3v) is 3.45. The molecule has 0 rings (SSSR count). The number of carbonyl (C=O) groups is 1. The van der Waals surface area contributed by atoms with Gasteiger partial charge < -0.3 is 4.74 Å². The largest absolute Gasteiger partial charge is 0.460 e. The molecule has 0 heterocycles. The van der Waals surface area contributed by atoms with Gasteiger partial charge in [-0.05, 0) is 38.0 Å². The minimum Gasteiger partial charge on any atom is -0.460 e. The Hall–Kier alpha value is -0.530. The number of hydrogen-bond donors (Lipinski definition) is 0. The summed E-state index contributed by atoms with van der Waals surface area (Å²) >= 11 is 0. The van der Waals surface area contributed by atoms with E-state index in [1.54, 1.807) is 0 Å².